The molecule has 1 aromatic heterocycles. The molecule has 0 aliphatic carbocycles. The Hall–Kier alpha value is -2.64. The number of carbonyl (C=O) groups is 2. The van der Waals surface area contributed by atoms with Crippen LogP contribution in [-0.4, -0.2) is 55.2 Å². The fourth-order valence-corrected chi connectivity index (χ4v) is 2.71. The maximum atomic E-state index is 12.4. The molecular formula is C20H27N2O5+. The number of likely N-dealkylation sites (N-methyl/N-ethyl adjacent to an activating group) is 1. The molecule has 1 atom stereocenters. The molecule has 0 saturated carbocycles. The summed E-state index contributed by atoms with van der Waals surface area (Å²) in [4.78, 5) is 23.4. The van der Waals surface area contributed by atoms with Crippen molar-refractivity contribution in [2.45, 2.75) is 25.7 Å². The van der Waals surface area contributed by atoms with E-state index in [9.17, 15) is 9.59 Å². The van der Waals surface area contributed by atoms with Gasteiger partial charge in [-0.05, 0) is 17.7 Å². The van der Waals surface area contributed by atoms with Crippen LogP contribution in [0, 0.1) is 0 Å². The van der Waals surface area contributed by atoms with E-state index in [2.05, 4.69) is 5.32 Å². The summed E-state index contributed by atoms with van der Waals surface area (Å²) in [6.45, 7) is 1.19. The second kappa shape index (κ2) is 9.34. The van der Waals surface area contributed by atoms with Gasteiger partial charge >= 0.3 is 5.97 Å². The zero-order chi connectivity index (χ0) is 19.9. The minimum absolute atomic E-state index is 0.144. The van der Waals surface area contributed by atoms with Crippen LogP contribution in [0.15, 0.2) is 46.9 Å². The highest BCUT2D eigenvalue weighted by Gasteiger charge is 2.24. The van der Waals surface area contributed by atoms with Gasteiger partial charge in [0.1, 0.15) is 12.4 Å². The van der Waals surface area contributed by atoms with Crippen LogP contribution in [-0.2, 0) is 22.7 Å². The lowest BCUT2D eigenvalue weighted by molar-refractivity contribution is -0.871. The van der Waals surface area contributed by atoms with E-state index in [1.807, 2.05) is 51.5 Å². The SMILES string of the molecule is C[N+](C)(C)C[C@@H](CC(=O)O)NC(=O)c1ccc(COCc2ccccc2)o1. The van der Waals surface area contributed by atoms with E-state index in [0.29, 0.717) is 23.4 Å². The van der Waals surface area contributed by atoms with Gasteiger partial charge in [-0.1, -0.05) is 30.3 Å². The summed E-state index contributed by atoms with van der Waals surface area (Å²) in [6.07, 6.45) is -0.144. The lowest BCUT2D eigenvalue weighted by atomic mass is 10.2. The Bertz CT molecular complexity index is 749. The van der Waals surface area contributed by atoms with Gasteiger partial charge in [0.15, 0.2) is 5.76 Å². The zero-order valence-corrected chi connectivity index (χ0v) is 16.0. The Balaban J connectivity index is 1.89. The molecular weight excluding hydrogens is 348 g/mol. The molecule has 0 bridgehead atoms. The van der Waals surface area contributed by atoms with Gasteiger partial charge in [0.25, 0.3) is 5.91 Å². The van der Waals surface area contributed by atoms with Crippen molar-refractivity contribution < 1.29 is 28.3 Å². The van der Waals surface area contributed by atoms with Crippen molar-refractivity contribution in [2.24, 2.45) is 0 Å². The van der Waals surface area contributed by atoms with Crippen LogP contribution in [0.5, 0.6) is 0 Å². The molecule has 27 heavy (non-hydrogen) atoms. The van der Waals surface area contributed by atoms with E-state index in [1.165, 1.54) is 0 Å². The summed E-state index contributed by atoms with van der Waals surface area (Å²) >= 11 is 0. The molecule has 7 heteroatoms. The Morgan fingerprint density at radius 3 is 2.44 bits per heavy atom. The maximum absolute atomic E-state index is 12.4. The predicted molar refractivity (Wildman–Crippen MR) is 100 cm³/mol. The van der Waals surface area contributed by atoms with Crippen LogP contribution in [0.4, 0.5) is 0 Å². The van der Waals surface area contributed by atoms with Gasteiger partial charge in [0.2, 0.25) is 0 Å². The van der Waals surface area contributed by atoms with E-state index >= 15 is 0 Å². The summed E-state index contributed by atoms with van der Waals surface area (Å²) in [5, 5.41) is 11.8. The third-order valence-electron chi connectivity index (χ3n) is 3.77. The first kappa shape index (κ1) is 20.7. The van der Waals surface area contributed by atoms with Gasteiger partial charge in [0.05, 0.1) is 46.8 Å². The largest absolute Gasteiger partial charge is 0.481 e. The Kier molecular flexibility index (Phi) is 7.15. The van der Waals surface area contributed by atoms with Crippen molar-refractivity contribution in [3.63, 3.8) is 0 Å². The smallest absolute Gasteiger partial charge is 0.305 e. The van der Waals surface area contributed by atoms with Gasteiger partial charge in [-0.3, -0.25) is 9.59 Å². The van der Waals surface area contributed by atoms with Gasteiger partial charge in [-0.15, -0.1) is 0 Å². The number of carboxylic acid groups (broad SMARTS) is 1. The molecule has 7 nitrogen and oxygen atoms in total. The Labute approximate surface area is 159 Å². The number of ether oxygens (including phenoxy) is 1. The molecule has 0 fully saturated rings. The quantitative estimate of drug-likeness (QED) is 0.622. The van der Waals surface area contributed by atoms with Crippen LogP contribution in [0.3, 0.4) is 0 Å². The van der Waals surface area contributed by atoms with Crippen LogP contribution >= 0.6 is 0 Å². The van der Waals surface area contributed by atoms with Gasteiger partial charge in [0, 0.05) is 0 Å². The number of amides is 1. The van der Waals surface area contributed by atoms with Crippen LogP contribution in [0.25, 0.3) is 0 Å². The van der Waals surface area contributed by atoms with Crippen molar-refractivity contribution in [3.05, 3.63) is 59.5 Å². The molecule has 0 aliphatic rings. The molecule has 2 N–H and O–H groups in total. The molecule has 2 aromatic rings. The van der Waals surface area contributed by atoms with E-state index in [0.717, 1.165) is 5.56 Å². The number of carboxylic acids is 1. The first-order valence-corrected chi connectivity index (χ1v) is 8.76. The fraction of sp³-hybridized carbons (Fsp3) is 0.400. The monoisotopic (exact) mass is 375 g/mol. The number of nitrogens with zero attached hydrogens (tertiary/aromatic N) is 1. The van der Waals surface area contributed by atoms with Crippen molar-refractivity contribution in [1.29, 1.82) is 0 Å². The second-order valence-corrected chi connectivity index (χ2v) is 7.49. The number of nitrogens with one attached hydrogen (secondary N) is 1. The number of benzene rings is 1. The molecule has 0 unspecified atom stereocenters. The highest BCUT2D eigenvalue weighted by atomic mass is 16.5. The molecule has 0 saturated heterocycles. The molecule has 1 aromatic carbocycles. The highest BCUT2D eigenvalue weighted by Crippen LogP contribution is 2.12. The van der Waals surface area contributed by atoms with E-state index in [1.54, 1.807) is 12.1 Å². The van der Waals surface area contributed by atoms with Crippen LogP contribution in [0.1, 0.15) is 28.3 Å². The topological polar surface area (TPSA) is 88.8 Å². The summed E-state index contributed by atoms with van der Waals surface area (Å²) in [5.41, 5.74) is 1.05. The molecule has 1 amide bonds. The number of hydrogen-bond acceptors (Lipinski definition) is 4. The molecule has 2 rings (SSSR count). The van der Waals surface area contributed by atoms with Gasteiger partial charge in [-0.25, -0.2) is 0 Å². The summed E-state index contributed by atoms with van der Waals surface area (Å²) in [6, 6.07) is 12.5. The molecule has 0 radical (unpaired) electrons. The third kappa shape index (κ3) is 7.64. The number of rotatable bonds is 10. The van der Waals surface area contributed by atoms with Crippen LogP contribution in [0.2, 0.25) is 0 Å². The van der Waals surface area contributed by atoms with Crippen molar-refractivity contribution in [2.75, 3.05) is 27.7 Å². The van der Waals surface area contributed by atoms with Crippen LogP contribution < -0.4 is 5.32 Å². The predicted octanol–water partition coefficient (Wildman–Crippen LogP) is 2.28. The second-order valence-electron chi connectivity index (χ2n) is 7.49. The Morgan fingerprint density at radius 1 is 1.11 bits per heavy atom. The normalized spacial score (nSPS) is 12.6. The first-order chi connectivity index (χ1) is 12.7. The average molecular weight is 375 g/mol. The van der Waals surface area contributed by atoms with Crippen molar-refractivity contribution in [1.82, 2.24) is 5.32 Å². The fourth-order valence-electron chi connectivity index (χ4n) is 2.71. The number of hydrogen-bond donors (Lipinski definition) is 2. The van der Waals surface area contributed by atoms with E-state index < -0.39 is 17.9 Å². The highest BCUT2D eigenvalue weighted by molar-refractivity contribution is 5.92. The number of furan rings is 1. The third-order valence-corrected chi connectivity index (χ3v) is 3.77. The lowest BCUT2D eigenvalue weighted by Gasteiger charge is -2.28. The average Bonchev–Trinajstić information content (AvgIpc) is 3.02. The molecule has 1 heterocycles. The Morgan fingerprint density at radius 2 is 1.81 bits per heavy atom. The minimum atomic E-state index is -0.955. The zero-order valence-electron chi connectivity index (χ0n) is 16.0. The number of quaternary nitrogens is 1. The maximum Gasteiger partial charge on any atom is 0.305 e. The standard InChI is InChI=1S/C20H26N2O5/c1-22(2,3)12-16(11-19(23)24)21-20(25)18-10-9-17(27-18)14-26-13-15-7-5-4-6-8-15/h4-10,16H,11-14H2,1-3H3,(H-,21,23,24,25)/p+1/t16-/m1/s1. The molecule has 0 aliphatic heterocycles. The van der Waals surface area contributed by atoms with Crippen molar-refractivity contribution >= 4 is 11.9 Å². The van der Waals surface area contributed by atoms with Gasteiger partial charge in [-0.2, -0.15) is 0 Å². The summed E-state index contributed by atoms with van der Waals surface area (Å²) in [7, 11) is 5.82. The summed E-state index contributed by atoms with van der Waals surface area (Å²) < 4.78 is 11.7. The van der Waals surface area contributed by atoms with Gasteiger partial charge < -0.3 is 24.1 Å². The van der Waals surface area contributed by atoms with Crippen molar-refractivity contribution in [3.8, 4) is 0 Å². The summed E-state index contributed by atoms with van der Waals surface area (Å²) in [5.74, 6) is -0.699. The lowest BCUT2D eigenvalue weighted by Crippen LogP contribution is -2.49. The number of carbonyl (C=O) groups excluding carboxylic acids is 1. The van der Waals surface area contributed by atoms with E-state index in [-0.39, 0.29) is 18.8 Å². The number of aliphatic carboxylic acids is 1. The molecule has 0 spiro atoms. The first-order valence-electron chi connectivity index (χ1n) is 8.76. The molecule has 146 valence electrons. The minimum Gasteiger partial charge on any atom is -0.481 e. The van der Waals surface area contributed by atoms with E-state index in [4.69, 9.17) is 14.3 Å².